The highest BCUT2D eigenvalue weighted by Gasteiger charge is 2.17. The number of aromatic nitrogens is 2. The van der Waals surface area contributed by atoms with Crippen LogP contribution in [0.15, 0.2) is 45.5 Å². The van der Waals surface area contributed by atoms with Crippen molar-refractivity contribution in [2.75, 3.05) is 0 Å². The number of aryl methyl sites for hydroxylation is 1. The number of nitrogens with one attached hydrogen (secondary N) is 1. The maximum Gasteiger partial charge on any atom is 0.148 e. The van der Waals surface area contributed by atoms with Gasteiger partial charge in [-0.3, -0.25) is 10.5 Å². The first-order valence-corrected chi connectivity index (χ1v) is 7.66. The normalized spacial score (nSPS) is 12.9. The smallest absolute Gasteiger partial charge is 0.148 e. The Kier molecular flexibility index (Phi) is 4.10. The van der Waals surface area contributed by atoms with Crippen molar-refractivity contribution >= 4 is 26.9 Å². The van der Waals surface area contributed by atoms with E-state index < -0.39 is 0 Å². The number of hydrazine groups is 1. The van der Waals surface area contributed by atoms with Crippen LogP contribution in [0.1, 0.15) is 24.3 Å². The van der Waals surface area contributed by atoms with Crippen LogP contribution in [0.5, 0.6) is 0 Å². The van der Waals surface area contributed by atoms with Gasteiger partial charge in [-0.05, 0) is 47.0 Å². The SMILES string of the molecule is CCn1cc(CC(NN)c2cc3cccc(Br)c3o2)cn1. The van der Waals surface area contributed by atoms with Gasteiger partial charge in [0.2, 0.25) is 0 Å². The molecule has 3 rings (SSSR count). The molecule has 0 spiro atoms. The minimum atomic E-state index is -0.0844. The largest absolute Gasteiger partial charge is 0.458 e. The van der Waals surface area contributed by atoms with Crippen molar-refractivity contribution in [1.29, 1.82) is 0 Å². The third-order valence-electron chi connectivity index (χ3n) is 3.51. The van der Waals surface area contributed by atoms with E-state index in [4.69, 9.17) is 10.3 Å². The van der Waals surface area contributed by atoms with Crippen molar-refractivity contribution in [1.82, 2.24) is 15.2 Å². The Bertz CT molecular complexity index is 749. The summed E-state index contributed by atoms with van der Waals surface area (Å²) in [6, 6.07) is 7.91. The van der Waals surface area contributed by atoms with E-state index in [1.807, 2.05) is 41.3 Å². The van der Waals surface area contributed by atoms with Gasteiger partial charge in [-0.1, -0.05) is 12.1 Å². The van der Waals surface area contributed by atoms with Crippen LogP contribution in [0, 0.1) is 0 Å². The molecule has 0 saturated heterocycles. The summed E-state index contributed by atoms with van der Waals surface area (Å²) in [7, 11) is 0. The van der Waals surface area contributed by atoms with Crippen LogP contribution in [-0.4, -0.2) is 9.78 Å². The minimum absolute atomic E-state index is 0.0844. The third kappa shape index (κ3) is 2.88. The van der Waals surface area contributed by atoms with E-state index in [-0.39, 0.29) is 6.04 Å². The molecule has 0 aliphatic rings. The first-order valence-electron chi connectivity index (χ1n) is 6.86. The molecule has 2 heterocycles. The van der Waals surface area contributed by atoms with Gasteiger partial charge >= 0.3 is 0 Å². The Labute approximate surface area is 131 Å². The molecule has 0 radical (unpaired) electrons. The molecule has 0 aliphatic heterocycles. The Hall–Kier alpha value is -1.63. The number of hydrogen-bond donors (Lipinski definition) is 2. The van der Waals surface area contributed by atoms with Crippen LogP contribution >= 0.6 is 15.9 Å². The molecule has 1 atom stereocenters. The number of furan rings is 1. The zero-order valence-electron chi connectivity index (χ0n) is 11.7. The van der Waals surface area contributed by atoms with Crippen LogP contribution in [0.25, 0.3) is 11.0 Å². The fourth-order valence-corrected chi connectivity index (χ4v) is 2.84. The summed E-state index contributed by atoms with van der Waals surface area (Å²) in [5.74, 6) is 6.53. The summed E-state index contributed by atoms with van der Waals surface area (Å²) in [4.78, 5) is 0. The Morgan fingerprint density at radius 3 is 3.00 bits per heavy atom. The molecule has 1 aromatic carbocycles. The lowest BCUT2D eigenvalue weighted by molar-refractivity contribution is 0.434. The summed E-state index contributed by atoms with van der Waals surface area (Å²) in [6.07, 6.45) is 4.63. The lowest BCUT2D eigenvalue weighted by Crippen LogP contribution is -2.29. The molecule has 0 saturated carbocycles. The average molecular weight is 349 g/mol. The first kappa shape index (κ1) is 14.3. The lowest BCUT2D eigenvalue weighted by atomic mass is 10.1. The van der Waals surface area contributed by atoms with Crippen molar-refractivity contribution in [3.8, 4) is 0 Å². The fraction of sp³-hybridized carbons (Fsp3) is 0.267. The van der Waals surface area contributed by atoms with E-state index in [0.717, 1.165) is 39.7 Å². The molecular formula is C15H17BrN4O. The van der Waals surface area contributed by atoms with Gasteiger partial charge in [-0.15, -0.1) is 0 Å². The van der Waals surface area contributed by atoms with Crippen molar-refractivity contribution in [2.24, 2.45) is 5.84 Å². The fourth-order valence-electron chi connectivity index (χ4n) is 2.38. The third-order valence-corrected chi connectivity index (χ3v) is 4.13. The lowest BCUT2D eigenvalue weighted by Gasteiger charge is -2.11. The molecular weight excluding hydrogens is 332 g/mol. The number of fused-ring (bicyclic) bond motifs is 1. The van der Waals surface area contributed by atoms with Gasteiger partial charge in [-0.2, -0.15) is 5.10 Å². The quantitative estimate of drug-likeness (QED) is 0.548. The second-order valence-corrected chi connectivity index (χ2v) is 5.79. The molecule has 2 aromatic heterocycles. The van der Waals surface area contributed by atoms with E-state index in [1.165, 1.54) is 0 Å². The number of halogens is 1. The van der Waals surface area contributed by atoms with Gasteiger partial charge in [0.15, 0.2) is 0 Å². The molecule has 3 N–H and O–H groups in total. The first-order chi connectivity index (χ1) is 10.2. The standard InChI is InChI=1S/C15H17BrN4O/c1-2-20-9-10(8-18-20)6-13(19-17)14-7-11-4-3-5-12(16)15(11)21-14/h3-5,7-9,13,19H,2,6,17H2,1H3. The monoisotopic (exact) mass is 348 g/mol. The summed E-state index contributed by atoms with van der Waals surface area (Å²) in [6.45, 7) is 2.92. The average Bonchev–Trinajstić information content (AvgIpc) is 3.11. The number of benzene rings is 1. The van der Waals surface area contributed by atoms with Crippen LogP contribution in [0.4, 0.5) is 0 Å². The number of nitrogens with zero attached hydrogens (tertiary/aromatic N) is 2. The van der Waals surface area contributed by atoms with Gasteiger partial charge in [0, 0.05) is 18.1 Å². The number of hydrogen-bond acceptors (Lipinski definition) is 4. The maximum absolute atomic E-state index is 5.94. The Morgan fingerprint density at radius 2 is 2.33 bits per heavy atom. The van der Waals surface area contributed by atoms with Crippen LogP contribution < -0.4 is 11.3 Å². The van der Waals surface area contributed by atoms with Crippen molar-refractivity contribution in [3.05, 3.63) is 52.5 Å². The van der Waals surface area contributed by atoms with Crippen molar-refractivity contribution in [3.63, 3.8) is 0 Å². The second kappa shape index (κ2) is 6.01. The molecule has 1 unspecified atom stereocenters. The Morgan fingerprint density at radius 1 is 1.48 bits per heavy atom. The second-order valence-electron chi connectivity index (χ2n) is 4.93. The van der Waals surface area contributed by atoms with E-state index in [9.17, 15) is 0 Å². The van der Waals surface area contributed by atoms with E-state index in [0.29, 0.717) is 0 Å². The van der Waals surface area contributed by atoms with Gasteiger partial charge in [-0.25, -0.2) is 5.43 Å². The summed E-state index contributed by atoms with van der Waals surface area (Å²) in [5.41, 5.74) is 4.80. The van der Waals surface area contributed by atoms with Gasteiger partial charge in [0.1, 0.15) is 11.3 Å². The molecule has 0 bridgehead atoms. The van der Waals surface area contributed by atoms with E-state index >= 15 is 0 Å². The number of para-hydroxylation sites is 1. The van der Waals surface area contributed by atoms with E-state index in [2.05, 4.69) is 33.4 Å². The van der Waals surface area contributed by atoms with Gasteiger partial charge in [0.05, 0.1) is 16.7 Å². The molecule has 110 valence electrons. The topological polar surface area (TPSA) is 69.0 Å². The van der Waals surface area contributed by atoms with Crippen LogP contribution in [0.2, 0.25) is 0 Å². The van der Waals surface area contributed by atoms with Crippen LogP contribution in [0.3, 0.4) is 0 Å². The highest BCUT2D eigenvalue weighted by Crippen LogP contribution is 2.30. The zero-order valence-corrected chi connectivity index (χ0v) is 13.3. The highest BCUT2D eigenvalue weighted by atomic mass is 79.9. The molecule has 0 aliphatic carbocycles. The molecule has 3 aromatic rings. The summed E-state index contributed by atoms with van der Waals surface area (Å²) >= 11 is 3.50. The number of nitrogens with two attached hydrogens (primary N) is 1. The summed E-state index contributed by atoms with van der Waals surface area (Å²) in [5, 5.41) is 5.34. The predicted octanol–water partition coefficient (Wildman–Crippen LogP) is 3.16. The van der Waals surface area contributed by atoms with Crippen LogP contribution in [-0.2, 0) is 13.0 Å². The highest BCUT2D eigenvalue weighted by molar-refractivity contribution is 9.10. The van der Waals surface area contributed by atoms with Gasteiger partial charge < -0.3 is 4.42 Å². The Balaban J connectivity index is 1.88. The minimum Gasteiger partial charge on any atom is -0.458 e. The summed E-state index contributed by atoms with van der Waals surface area (Å²) < 4.78 is 8.79. The zero-order chi connectivity index (χ0) is 14.8. The molecule has 0 amide bonds. The van der Waals surface area contributed by atoms with Crippen molar-refractivity contribution < 1.29 is 4.42 Å². The molecule has 21 heavy (non-hydrogen) atoms. The maximum atomic E-state index is 5.94. The predicted molar refractivity (Wildman–Crippen MR) is 85.6 cm³/mol. The van der Waals surface area contributed by atoms with Gasteiger partial charge in [0.25, 0.3) is 0 Å². The van der Waals surface area contributed by atoms with E-state index in [1.54, 1.807) is 0 Å². The molecule has 6 heteroatoms. The molecule has 5 nitrogen and oxygen atoms in total. The number of rotatable bonds is 5. The van der Waals surface area contributed by atoms with Crippen molar-refractivity contribution in [2.45, 2.75) is 25.9 Å². The molecule has 0 fully saturated rings.